The molecule has 0 saturated heterocycles. The predicted molar refractivity (Wildman–Crippen MR) is 72.9 cm³/mol. The second-order valence-corrected chi connectivity index (χ2v) is 4.16. The summed E-state index contributed by atoms with van der Waals surface area (Å²) in [5, 5.41) is 19.2. The summed E-state index contributed by atoms with van der Waals surface area (Å²) in [5.41, 5.74) is -0.895. The number of carbonyl (C=O) groups is 1. The van der Waals surface area contributed by atoms with E-state index in [-0.39, 0.29) is 11.5 Å². The third-order valence-corrected chi connectivity index (χ3v) is 2.65. The monoisotopic (exact) mass is 272 g/mol. The van der Waals surface area contributed by atoms with Crippen molar-refractivity contribution in [2.45, 2.75) is 6.92 Å². The average Bonchev–Trinajstić information content (AvgIpc) is 2.36. The lowest BCUT2D eigenvalue weighted by Gasteiger charge is -2.00. The summed E-state index contributed by atoms with van der Waals surface area (Å²) < 4.78 is 4.77. The maximum absolute atomic E-state index is 11.9. The number of phenolic OH excluding ortho intramolecular Hbond substituents is 1. The molecule has 1 heterocycles. The van der Waals surface area contributed by atoms with Gasteiger partial charge in [-0.3, -0.25) is 4.79 Å². The van der Waals surface area contributed by atoms with Crippen molar-refractivity contribution in [1.29, 1.82) is 0 Å². The molecule has 0 fully saturated rings. The van der Waals surface area contributed by atoms with Crippen LogP contribution in [0.1, 0.15) is 21.7 Å². The minimum atomic E-state index is -0.894. The third kappa shape index (κ3) is 2.77. The molecule has 0 atom stereocenters. The van der Waals surface area contributed by atoms with Gasteiger partial charge in [0.1, 0.15) is 22.8 Å². The van der Waals surface area contributed by atoms with Gasteiger partial charge in [-0.15, -0.1) is 0 Å². The summed E-state index contributed by atoms with van der Waals surface area (Å²) in [6, 6.07) is 7.62. The number of aryl methyl sites for hydroxylation is 1. The van der Waals surface area contributed by atoms with Crippen molar-refractivity contribution in [3.8, 4) is 11.5 Å². The van der Waals surface area contributed by atoms with Crippen molar-refractivity contribution >= 4 is 11.9 Å². The van der Waals surface area contributed by atoms with E-state index in [4.69, 9.17) is 4.42 Å². The summed E-state index contributed by atoms with van der Waals surface area (Å²) >= 11 is 0. The quantitative estimate of drug-likeness (QED) is 0.661. The fourth-order valence-electron chi connectivity index (χ4n) is 1.70. The first-order chi connectivity index (χ1) is 9.49. The van der Waals surface area contributed by atoms with Gasteiger partial charge in [0.2, 0.25) is 0 Å². The highest BCUT2D eigenvalue weighted by Gasteiger charge is 2.15. The molecule has 2 N–H and O–H groups in total. The number of phenols is 1. The Labute approximate surface area is 114 Å². The molecule has 5 nitrogen and oxygen atoms in total. The highest BCUT2D eigenvalue weighted by atomic mass is 16.4. The third-order valence-electron chi connectivity index (χ3n) is 2.65. The summed E-state index contributed by atoms with van der Waals surface area (Å²) in [5.74, 6) is -0.893. The Bertz CT molecular complexity index is 740. The van der Waals surface area contributed by atoms with Crippen LogP contribution in [0.3, 0.4) is 0 Å². The Balaban J connectivity index is 2.35. The molecule has 0 radical (unpaired) electrons. The first-order valence-corrected chi connectivity index (χ1v) is 5.83. The molecule has 1 aromatic carbocycles. The van der Waals surface area contributed by atoms with Crippen molar-refractivity contribution in [2.24, 2.45) is 0 Å². The number of para-hydroxylation sites is 1. The summed E-state index contributed by atoms with van der Waals surface area (Å²) in [7, 11) is 0. The van der Waals surface area contributed by atoms with Gasteiger partial charge in [-0.1, -0.05) is 18.2 Å². The Morgan fingerprint density at radius 1 is 1.20 bits per heavy atom. The number of aromatic hydroxyl groups is 2. The number of carbonyl (C=O) groups excluding carboxylic acids is 1. The molecule has 5 heteroatoms. The van der Waals surface area contributed by atoms with E-state index in [2.05, 4.69) is 0 Å². The Morgan fingerprint density at radius 3 is 2.55 bits per heavy atom. The first kappa shape index (κ1) is 13.6. The van der Waals surface area contributed by atoms with E-state index in [9.17, 15) is 19.8 Å². The minimum absolute atomic E-state index is 0.0108. The molecule has 1 aromatic heterocycles. The molecule has 102 valence electrons. The molecule has 2 aromatic rings. The molecule has 2 rings (SSSR count). The zero-order valence-corrected chi connectivity index (χ0v) is 10.7. The lowest BCUT2D eigenvalue weighted by molar-refractivity contribution is 0.104. The second-order valence-electron chi connectivity index (χ2n) is 4.16. The Morgan fingerprint density at radius 2 is 1.90 bits per heavy atom. The van der Waals surface area contributed by atoms with Gasteiger partial charge >= 0.3 is 5.63 Å². The standard InChI is InChI=1S/C15H12O5/c1-9-8-13(18)14(15(19)20-9)12(17)7-6-10-4-2-3-5-11(10)16/h2-8,16,18H,1H3. The van der Waals surface area contributed by atoms with Gasteiger partial charge in [0, 0.05) is 11.6 Å². The fourth-order valence-corrected chi connectivity index (χ4v) is 1.70. The van der Waals surface area contributed by atoms with E-state index in [0.29, 0.717) is 5.56 Å². The summed E-state index contributed by atoms with van der Waals surface area (Å²) in [6.07, 6.45) is 2.45. The number of hydrogen-bond acceptors (Lipinski definition) is 5. The molecule has 0 amide bonds. The van der Waals surface area contributed by atoms with Crippen LogP contribution in [0.4, 0.5) is 0 Å². The van der Waals surface area contributed by atoms with Crippen LogP contribution in [0.2, 0.25) is 0 Å². The van der Waals surface area contributed by atoms with Crippen LogP contribution >= 0.6 is 0 Å². The number of hydrogen-bond donors (Lipinski definition) is 2. The smallest absolute Gasteiger partial charge is 0.351 e. The lowest BCUT2D eigenvalue weighted by atomic mass is 10.1. The van der Waals surface area contributed by atoms with E-state index in [1.54, 1.807) is 18.2 Å². The largest absolute Gasteiger partial charge is 0.507 e. The van der Waals surface area contributed by atoms with Crippen molar-refractivity contribution in [1.82, 2.24) is 0 Å². The molecule has 0 aliphatic rings. The van der Waals surface area contributed by atoms with E-state index < -0.39 is 22.7 Å². The zero-order valence-electron chi connectivity index (χ0n) is 10.7. The highest BCUT2D eigenvalue weighted by molar-refractivity contribution is 6.08. The second kappa shape index (κ2) is 5.44. The highest BCUT2D eigenvalue weighted by Crippen LogP contribution is 2.19. The molecule has 20 heavy (non-hydrogen) atoms. The Hall–Kier alpha value is -2.82. The molecule has 0 bridgehead atoms. The van der Waals surface area contributed by atoms with Crippen LogP contribution in [0.15, 0.2) is 45.6 Å². The number of benzene rings is 1. The van der Waals surface area contributed by atoms with Crippen LogP contribution in [-0.4, -0.2) is 16.0 Å². The molecule has 0 unspecified atom stereocenters. The maximum atomic E-state index is 11.9. The summed E-state index contributed by atoms with van der Waals surface area (Å²) in [4.78, 5) is 23.4. The number of allylic oxidation sites excluding steroid dienone is 1. The first-order valence-electron chi connectivity index (χ1n) is 5.83. The predicted octanol–water partition coefficient (Wildman–Crippen LogP) is 2.26. The zero-order chi connectivity index (χ0) is 14.7. The van der Waals surface area contributed by atoms with Gasteiger partial charge in [0.25, 0.3) is 0 Å². The van der Waals surface area contributed by atoms with Gasteiger partial charge in [-0.25, -0.2) is 4.79 Å². The molecule has 0 aliphatic heterocycles. The van der Waals surface area contributed by atoms with E-state index in [1.807, 2.05) is 0 Å². The lowest BCUT2D eigenvalue weighted by Crippen LogP contribution is -2.12. The van der Waals surface area contributed by atoms with Crippen molar-refractivity contribution in [2.75, 3.05) is 0 Å². The fraction of sp³-hybridized carbons (Fsp3) is 0.0667. The van der Waals surface area contributed by atoms with E-state index in [0.717, 1.165) is 6.08 Å². The molecule has 0 saturated carbocycles. The van der Waals surface area contributed by atoms with E-state index >= 15 is 0 Å². The average molecular weight is 272 g/mol. The minimum Gasteiger partial charge on any atom is -0.507 e. The molecule has 0 spiro atoms. The van der Waals surface area contributed by atoms with Crippen LogP contribution in [0.25, 0.3) is 6.08 Å². The molecular weight excluding hydrogens is 260 g/mol. The molecular formula is C15H12O5. The van der Waals surface area contributed by atoms with Crippen LogP contribution in [0, 0.1) is 6.92 Å². The SMILES string of the molecule is Cc1cc(O)c(C(=O)C=Cc2ccccc2O)c(=O)o1. The number of ketones is 1. The van der Waals surface area contributed by atoms with Gasteiger partial charge in [0.05, 0.1) is 0 Å². The maximum Gasteiger partial charge on any atom is 0.351 e. The van der Waals surface area contributed by atoms with Gasteiger partial charge in [-0.05, 0) is 25.1 Å². The van der Waals surface area contributed by atoms with Crippen molar-refractivity contribution in [3.63, 3.8) is 0 Å². The van der Waals surface area contributed by atoms with Crippen LogP contribution in [-0.2, 0) is 0 Å². The van der Waals surface area contributed by atoms with E-state index in [1.165, 1.54) is 25.1 Å². The van der Waals surface area contributed by atoms with Crippen molar-refractivity contribution in [3.05, 3.63) is 63.7 Å². The van der Waals surface area contributed by atoms with Gasteiger partial charge in [0.15, 0.2) is 5.78 Å². The Kier molecular flexibility index (Phi) is 3.70. The topological polar surface area (TPSA) is 87.7 Å². The van der Waals surface area contributed by atoms with Crippen LogP contribution in [0.5, 0.6) is 11.5 Å². The number of rotatable bonds is 3. The normalized spacial score (nSPS) is 10.8. The summed E-state index contributed by atoms with van der Waals surface area (Å²) in [6.45, 7) is 1.49. The van der Waals surface area contributed by atoms with Crippen LogP contribution < -0.4 is 5.63 Å². The molecule has 0 aliphatic carbocycles. The van der Waals surface area contributed by atoms with Gasteiger partial charge in [-0.2, -0.15) is 0 Å². The van der Waals surface area contributed by atoms with Crippen molar-refractivity contribution < 1.29 is 19.4 Å². The van der Waals surface area contributed by atoms with Gasteiger partial charge < -0.3 is 14.6 Å².